The largest absolute Gasteiger partial charge is 0.455 e. The summed E-state index contributed by atoms with van der Waals surface area (Å²) < 4.78 is 11.5. The molecule has 3 heterocycles. The molecule has 0 N–H and O–H groups in total. The minimum atomic E-state index is -0.141. The third-order valence-electron chi connectivity index (χ3n) is 13.3. The number of hydrogen-bond acceptors (Lipinski definition) is 1. The average molecular weight is 767 g/mol. The van der Waals surface area contributed by atoms with Crippen LogP contribution in [-0.4, -0.2) is 9.13 Å². The fraction of sp³-hybridized carbons (Fsp3) is 0.0526. The van der Waals surface area contributed by atoms with Crippen LogP contribution in [0.1, 0.15) is 25.0 Å². The molecule has 60 heavy (non-hydrogen) atoms. The van der Waals surface area contributed by atoms with Gasteiger partial charge in [-0.25, -0.2) is 0 Å². The highest BCUT2D eigenvalue weighted by molar-refractivity contribution is 6.14. The Morgan fingerprint density at radius 2 is 0.867 bits per heavy atom. The zero-order chi connectivity index (χ0) is 39.7. The molecule has 0 aliphatic heterocycles. The summed E-state index contributed by atoms with van der Waals surface area (Å²) in [5, 5.41) is 7.31. The van der Waals surface area contributed by atoms with Crippen molar-refractivity contribution >= 4 is 65.6 Å². The molecule has 3 nitrogen and oxygen atoms in total. The number of nitrogens with zero attached hydrogens (tertiary/aromatic N) is 2. The lowest BCUT2D eigenvalue weighted by atomic mass is 9.82. The fourth-order valence-electron chi connectivity index (χ4n) is 10.4. The van der Waals surface area contributed by atoms with E-state index in [0.717, 1.165) is 27.9 Å². The summed E-state index contributed by atoms with van der Waals surface area (Å²) >= 11 is 0. The Labute approximate surface area is 347 Å². The van der Waals surface area contributed by atoms with Crippen molar-refractivity contribution in [2.45, 2.75) is 19.3 Å². The molecular formula is C57H38N2O. The number of hydrogen-bond donors (Lipinski definition) is 0. The normalized spacial score (nSPS) is 13.3. The summed E-state index contributed by atoms with van der Waals surface area (Å²) in [6.07, 6.45) is 0. The molecule has 0 unspecified atom stereocenters. The van der Waals surface area contributed by atoms with Gasteiger partial charge in [-0.3, -0.25) is 0 Å². The number of benzene rings is 9. The van der Waals surface area contributed by atoms with Crippen LogP contribution >= 0.6 is 0 Å². The van der Waals surface area contributed by atoms with E-state index in [1.807, 2.05) is 0 Å². The highest BCUT2D eigenvalue weighted by atomic mass is 16.3. The van der Waals surface area contributed by atoms with E-state index >= 15 is 0 Å². The van der Waals surface area contributed by atoms with Gasteiger partial charge in [0, 0.05) is 54.7 Å². The summed E-state index contributed by atoms with van der Waals surface area (Å²) in [4.78, 5) is 0. The Morgan fingerprint density at radius 3 is 1.58 bits per heavy atom. The van der Waals surface area contributed by atoms with Crippen molar-refractivity contribution in [3.63, 3.8) is 0 Å². The molecule has 0 atom stereocenters. The second kappa shape index (κ2) is 12.2. The molecular weight excluding hydrogens is 729 g/mol. The van der Waals surface area contributed by atoms with Crippen LogP contribution < -0.4 is 0 Å². The highest BCUT2D eigenvalue weighted by Crippen LogP contribution is 2.53. The Morgan fingerprint density at radius 1 is 0.367 bits per heavy atom. The maximum atomic E-state index is 6.65. The van der Waals surface area contributed by atoms with Gasteiger partial charge in [-0.05, 0) is 112 Å². The van der Waals surface area contributed by atoms with Gasteiger partial charge in [-0.15, -0.1) is 0 Å². The van der Waals surface area contributed by atoms with E-state index < -0.39 is 0 Å². The second-order valence-corrected chi connectivity index (χ2v) is 16.9. The van der Waals surface area contributed by atoms with E-state index in [4.69, 9.17) is 4.42 Å². The van der Waals surface area contributed by atoms with Crippen LogP contribution in [0.15, 0.2) is 199 Å². The standard InChI is InChI=1S/C57H38N2O/c1-57(2)48-27-22-35(33-47(48)55-49(57)28-26-44-43-18-10-12-20-54(43)60-56(44)55)36-23-29-51-45(31-36)46-32-37(24-30-52(46)58(51)39-13-5-3-6-14-39)38-21-25-42-41-17-9-11-19-50(41)59(53(42)34-38)40-15-7-4-8-16-40/h3-34H,1-2H3. The Balaban J connectivity index is 1.01. The van der Waals surface area contributed by atoms with Gasteiger partial charge in [0.2, 0.25) is 0 Å². The molecule has 0 fully saturated rings. The average Bonchev–Trinajstić information content (AvgIpc) is 4.01. The summed E-state index contributed by atoms with van der Waals surface area (Å²) in [7, 11) is 0. The zero-order valence-electron chi connectivity index (χ0n) is 33.3. The SMILES string of the molecule is CC1(C)c2ccc(-c3ccc4c(c3)c3cc(-c5ccc6c7ccccc7n(-c7ccccc7)c6c5)ccc3n4-c3ccccc3)cc2-c2c1ccc1c2oc2ccccc21. The van der Waals surface area contributed by atoms with Crippen LogP contribution in [0.3, 0.4) is 0 Å². The number of furan rings is 1. The Bertz CT molecular complexity index is 3730. The van der Waals surface area contributed by atoms with E-state index in [0.29, 0.717) is 0 Å². The first-order valence-corrected chi connectivity index (χ1v) is 20.8. The lowest BCUT2D eigenvalue weighted by Gasteiger charge is -2.21. The molecule has 0 bridgehead atoms. The van der Waals surface area contributed by atoms with Gasteiger partial charge in [-0.2, -0.15) is 0 Å². The number of rotatable bonds is 4. The minimum Gasteiger partial charge on any atom is -0.455 e. The van der Waals surface area contributed by atoms with Crippen molar-refractivity contribution in [2.75, 3.05) is 0 Å². The number of fused-ring (bicyclic) bond motifs is 13. The first-order valence-electron chi connectivity index (χ1n) is 20.8. The molecule has 282 valence electrons. The van der Waals surface area contributed by atoms with Gasteiger partial charge >= 0.3 is 0 Å². The van der Waals surface area contributed by atoms with Crippen LogP contribution in [0.2, 0.25) is 0 Å². The number of para-hydroxylation sites is 4. The fourth-order valence-corrected chi connectivity index (χ4v) is 10.4. The molecule has 3 aromatic heterocycles. The van der Waals surface area contributed by atoms with E-state index in [2.05, 4.69) is 217 Å². The van der Waals surface area contributed by atoms with Gasteiger partial charge in [0.25, 0.3) is 0 Å². The molecule has 13 rings (SSSR count). The van der Waals surface area contributed by atoms with Gasteiger partial charge in [-0.1, -0.05) is 135 Å². The maximum absolute atomic E-state index is 6.65. The molecule has 0 radical (unpaired) electrons. The van der Waals surface area contributed by atoms with E-state index in [9.17, 15) is 0 Å². The molecule has 12 aromatic rings. The van der Waals surface area contributed by atoms with E-state index in [-0.39, 0.29) is 5.41 Å². The zero-order valence-corrected chi connectivity index (χ0v) is 33.3. The van der Waals surface area contributed by atoms with E-state index in [1.165, 1.54) is 93.5 Å². The summed E-state index contributed by atoms with van der Waals surface area (Å²) in [5.41, 5.74) is 18.8. The van der Waals surface area contributed by atoms with Gasteiger partial charge in [0.1, 0.15) is 11.2 Å². The van der Waals surface area contributed by atoms with Crippen molar-refractivity contribution in [3.8, 4) is 44.8 Å². The van der Waals surface area contributed by atoms with Crippen LogP contribution in [0.4, 0.5) is 0 Å². The van der Waals surface area contributed by atoms with Crippen molar-refractivity contribution in [1.29, 1.82) is 0 Å². The molecule has 9 aromatic carbocycles. The van der Waals surface area contributed by atoms with Gasteiger partial charge < -0.3 is 13.6 Å². The van der Waals surface area contributed by atoms with E-state index in [1.54, 1.807) is 0 Å². The molecule has 3 heteroatoms. The first-order chi connectivity index (χ1) is 29.5. The molecule has 1 aliphatic carbocycles. The predicted molar refractivity (Wildman–Crippen MR) is 251 cm³/mol. The lowest BCUT2D eigenvalue weighted by molar-refractivity contribution is 0.653. The van der Waals surface area contributed by atoms with Crippen LogP contribution in [0, 0.1) is 0 Å². The van der Waals surface area contributed by atoms with Crippen molar-refractivity contribution < 1.29 is 4.42 Å². The quantitative estimate of drug-likeness (QED) is 0.175. The van der Waals surface area contributed by atoms with Crippen molar-refractivity contribution in [3.05, 3.63) is 205 Å². The van der Waals surface area contributed by atoms with Crippen molar-refractivity contribution in [2.24, 2.45) is 0 Å². The van der Waals surface area contributed by atoms with Crippen molar-refractivity contribution in [1.82, 2.24) is 9.13 Å². The third-order valence-corrected chi connectivity index (χ3v) is 13.3. The predicted octanol–water partition coefficient (Wildman–Crippen LogP) is 15.4. The van der Waals surface area contributed by atoms with Crippen LogP contribution in [-0.2, 0) is 5.41 Å². The maximum Gasteiger partial charge on any atom is 0.143 e. The third kappa shape index (κ3) is 4.60. The monoisotopic (exact) mass is 766 g/mol. The lowest BCUT2D eigenvalue weighted by Crippen LogP contribution is -2.14. The molecule has 0 amide bonds. The Kier molecular flexibility index (Phi) is 6.78. The van der Waals surface area contributed by atoms with Crippen LogP contribution in [0.25, 0.3) is 110 Å². The topological polar surface area (TPSA) is 23.0 Å². The minimum absolute atomic E-state index is 0.141. The smallest absolute Gasteiger partial charge is 0.143 e. The van der Waals surface area contributed by atoms with Crippen LogP contribution in [0.5, 0.6) is 0 Å². The summed E-state index contributed by atoms with van der Waals surface area (Å²) in [6, 6.07) is 71.2. The van der Waals surface area contributed by atoms with Gasteiger partial charge in [0.15, 0.2) is 0 Å². The highest BCUT2D eigenvalue weighted by Gasteiger charge is 2.38. The summed E-state index contributed by atoms with van der Waals surface area (Å²) in [6.45, 7) is 4.68. The molecule has 0 spiro atoms. The first kappa shape index (κ1) is 33.4. The summed E-state index contributed by atoms with van der Waals surface area (Å²) in [5.74, 6) is 0. The number of aromatic nitrogens is 2. The van der Waals surface area contributed by atoms with Gasteiger partial charge in [0.05, 0.1) is 22.1 Å². The molecule has 1 aliphatic rings. The molecule has 0 saturated carbocycles. The Hall–Kier alpha value is -7.62. The molecule has 0 saturated heterocycles. The second-order valence-electron chi connectivity index (χ2n) is 16.9.